The van der Waals surface area contributed by atoms with Crippen molar-refractivity contribution in [1.29, 1.82) is 5.26 Å². The number of hydrogen-bond donors (Lipinski definition) is 0. The lowest BCUT2D eigenvalue weighted by molar-refractivity contribution is 1.32. The van der Waals surface area contributed by atoms with Gasteiger partial charge in [-0.3, -0.25) is 4.98 Å². The first-order valence-electron chi connectivity index (χ1n) is 4.42. The van der Waals surface area contributed by atoms with Crippen molar-refractivity contribution in [2.75, 3.05) is 0 Å². The largest absolute Gasteiger partial charge is 0.256 e. The minimum Gasteiger partial charge on any atom is -0.256 e. The molecule has 1 aromatic heterocycles. The van der Waals surface area contributed by atoms with Gasteiger partial charge in [0.05, 0.1) is 17.3 Å². The summed E-state index contributed by atoms with van der Waals surface area (Å²) < 4.78 is 0. The van der Waals surface area contributed by atoms with Gasteiger partial charge in [0.25, 0.3) is 0 Å². The van der Waals surface area contributed by atoms with Crippen LogP contribution >= 0.6 is 11.6 Å². The minimum absolute atomic E-state index is 0.582. The average molecular weight is 215 g/mol. The summed E-state index contributed by atoms with van der Waals surface area (Å²) in [6, 6.07) is 12.8. The van der Waals surface area contributed by atoms with Crippen LogP contribution in [0.4, 0.5) is 0 Å². The lowest BCUT2D eigenvalue weighted by Gasteiger charge is -2.03. The molecule has 0 aliphatic heterocycles. The SMILES string of the molecule is N#Cc1ccc(Cl)cc1-c1ccccn1. The minimum atomic E-state index is 0.582. The number of nitriles is 1. The zero-order chi connectivity index (χ0) is 10.7. The first-order valence-corrected chi connectivity index (χ1v) is 4.80. The third kappa shape index (κ3) is 1.98. The smallest absolute Gasteiger partial charge is 0.0998 e. The molecule has 0 fully saturated rings. The summed E-state index contributed by atoms with van der Waals surface area (Å²) in [7, 11) is 0. The number of halogens is 1. The molecule has 0 aliphatic carbocycles. The monoisotopic (exact) mass is 214 g/mol. The Bertz CT molecular complexity index is 515. The average Bonchev–Trinajstić information content (AvgIpc) is 2.30. The molecular weight excluding hydrogens is 208 g/mol. The fourth-order valence-electron chi connectivity index (χ4n) is 1.35. The first kappa shape index (κ1) is 9.70. The van der Waals surface area contributed by atoms with Crippen LogP contribution in [-0.2, 0) is 0 Å². The van der Waals surface area contributed by atoms with Crippen LogP contribution in [0.2, 0.25) is 5.02 Å². The van der Waals surface area contributed by atoms with E-state index in [2.05, 4.69) is 11.1 Å². The molecule has 72 valence electrons. The van der Waals surface area contributed by atoms with Crippen molar-refractivity contribution in [3.8, 4) is 17.3 Å². The first-order chi connectivity index (χ1) is 7.31. The molecule has 2 nitrogen and oxygen atoms in total. The van der Waals surface area contributed by atoms with Crippen LogP contribution < -0.4 is 0 Å². The summed E-state index contributed by atoms with van der Waals surface area (Å²) in [6.07, 6.45) is 1.69. The summed E-state index contributed by atoms with van der Waals surface area (Å²) in [5, 5.41) is 9.56. The van der Waals surface area contributed by atoms with E-state index in [4.69, 9.17) is 16.9 Å². The molecule has 2 aromatic rings. The highest BCUT2D eigenvalue weighted by Gasteiger charge is 2.05. The fraction of sp³-hybridized carbons (Fsp3) is 0. The molecule has 0 aliphatic rings. The number of rotatable bonds is 1. The Hall–Kier alpha value is -1.85. The predicted molar refractivity (Wildman–Crippen MR) is 59.4 cm³/mol. The van der Waals surface area contributed by atoms with E-state index < -0.39 is 0 Å². The molecule has 0 saturated heterocycles. The molecule has 0 saturated carbocycles. The number of nitrogens with zero attached hydrogens (tertiary/aromatic N) is 2. The Morgan fingerprint density at radius 2 is 2.07 bits per heavy atom. The lowest BCUT2D eigenvalue weighted by Crippen LogP contribution is -1.86. The van der Waals surface area contributed by atoms with E-state index in [9.17, 15) is 0 Å². The maximum absolute atomic E-state index is 8.95. The molecule has 2 rings (SSSR count). The van der Waals surface area contributed by atoms with Gasteiger partial charge in [-0.1, -0.05) is 17.7 Å². The Morgan fingerprint density at radius 1 is 1.20 bits per heavy atom. The predicted octanol–water partition coefficient (Wildman–Crippen LogP) is 3.27. The van der Waals surface area contributed by atoms with Gasteiger partial charge in [0.2, 0.25) is 0 Å². The van der Waals surface area contributed by atoms with E-state index in [0.717, 1.165) is 11.3 Å². The summed E-state index contributed by atoms with van der Waals surface area (Å²) in [6.45, 7) is 0. The second-order valence-corrected chi connectivity index (χ2v) is 3.45. The van der Waals surface area contributed by atoms with E-state index >= 15 is 0 Å². The standard InChI is InChI=1S/C12H7ClN2/c13-10-5-4-9(8-14)11(7-10)12-3-1-2-6-15-12/h1-7H. The quantitative estimate of drug-likeness (QED) is 0.731. The fourth-order valence-corrected chi connectivity index (χ4v) is 1.52. The van der Waals surface area contributed by atoms with Crippen LogP contribution in [0.3, 0.4) is 0 Å². The van der Waals surface area contributed by atoms with Crippen LogP contribution in [0.5, 0.6) is 0 Å². The molecule has 1 heterocycles. The highest BCUT2D eigenvalue weighted by molar-refractivity contribution is 6.30. The van der Waals surface area contributed by atoms with Crippen LogP contribution in [0.15, 0.2) is 42.6 Å². The number of pyridine rings is 1. The van der Waals surface area contributed by atoms with Gasteiger partial charge in [-0.15, -0.1) is 0 Å². The van der Waals surface area contributed by atoms with E-state index in [1.54, 1.807) is 24.4 Å². The second kappa shape index (κ2) is 4.12. The summed E-state index contributed by atoms with van der Waals surface area (Å²) in [5.41, 5.74) is 2.11. The van der Waals surface area contributed by atoms with Gasteiger partial charge in [-0.2, -0.15) is 5.26 Å². The van der Waals surface area contributed by atoms with Crippen LogP contribution in [0, 0.1) is 11.3 Å². The van der Waals surface area contributed by atoms with E-state index in [1.807, 2.05) is 18.2 Å². The van der Waals surface area contributed by atoms with Gasteiger partial charge in [0.1, 0.15) is 0 Å². The second-order valence-electron chi connectivity index (χ2n) is 3.02. The molecule has 0 radical (unpaired) electrons. The number of benzene rings is 1. The van der Waals surface area contributed by atoms with Crippen molar-refractivity contribution in [1.82, 2.24) is 4.98 Å². The van der Waals surface area contributed by atoms with Gasteiger partial charge in [-0.25, -0.2) is 0 Å². The zero-order valence-electron chi connectivity index (χ0n) is 7.81. The van der Waals surface area contributed by atoms with Gasteiger partial charge < -0.3 is 0 Å². The third-order valence-electron chi connectivity index (χ3n) is 2.04. The normalized spacial score (nSPS) is 9.60. The number of hydrogen-bond acceptors (Lipinski definition) is 2. The molecule has 15 heavy (non-hydrogen) atoms. The summed E-state index contributed by atoms with van der Waals surface area (Å²) in [5.74, 6) is 0. The Kier molecular flexibility index (Phi) is 2.66. The molecule has 0 unspecified atom stereocenters. The highest BCUT2D eigenvalue weighted by Crippen LogP contribution is 2.24. The van der Waals surface area contributed by atoms with E-state index in [1.165, 1.54) is 0 Å². The van der Waals surface area contributed by atoms with Crippen molar-refractivity contribution in [2.45, 2.75) is 0 Å². The van der Waals surface area contributed by atoms with Crippen LogP contribution in [0.25, 0.3) is 11.3 Å². The van der Waals surface area contributed by atoms with Crippen molar-refractivity contribution >= 4 is 11.6 Å². The van der Waals surface area contributed by atoms with Crippen molar-refractivity contribution in [2.24, 2.45) is 0 Å². The Balaban J connectivity index is 2.62. The molecular formula is C12H7ClN2. The van der Waals surface area contributed by atoms with Gasteiger partial charge >= 0.3 is 0 Å². The summed E-state index contributed by atoms with van der Waals surface area (Å²) >= 11 is 5.89. The Morgan fingerprint density at radius 3 is 2.73 bits per heavy atom. The van der Waals surface area contributed by atoms with Crippen molar-refractivity contribution < 1.29 is 0 Å². The maximum atomic E-state index is 8.95. The van der Waals surface area contributed by atoms with Crippen LogP contribution in [0.1, 0.15) is 5.56 Å². The zero-order valence-corrected chi connectivity index (χ0v) is 8.57. The van der Waals surface area contributed by atoms with Crippen molar-refractivity contribution in [3.05, 3.63) is 53.2 Å². The molecule has 0 amide bonds. The van der Waals surface area contributed by atoms with Crippen LogP contribution in [-0.4, -0.2) is 4.98 Å². The molecule has 1 aromatic carbocycles. The highest BCUT2D eigenvalue weighted by atomic mass is 35.5. The molecule has 0 N–H and O–H groups in total. The van der Waals surface area contributed by atoms with Gasteiger partial charge in [-0.05, 0) is 30.3 Å². The van der Waals surface area contributed by atoms with E-state index in [-0.39, 0.29) is 0 Å². The molecule has 0 bridgehead atoms. The molecule has 3 heteroatoms. The van der Waals surface area contributed by atoms with Gasteiger partial charge in [0, 0.05) is 16.8 Å². The topological polar surface area (TPSA) is 36.7 Å². The number of aromatic nitrogens is 1. The van der Waals surface area contributed by atoms with Crippen molar-refractivity contribution in [3.63, 3.8) is 0 Å². The van der Waals surface area contributed by atoms with Gasteiger partial charge in [0.15, 0.2) is 0 Å². The molecule has 0 spiro atoms. The molecule has 0 atom stereocenters. The third-order valence-corrected chi connectivity index (χ3v) is 2.28. The Labute approximate surface area is 92.8 Å². The maximum Gasteiger partial charge on any atom is 0.0998 e. The van der Waals surface area contributed by atoms with E-state index in [0.29, 0.717) is 10.6 Å². The summed E-state index contributed by atoms with van der Waals surface area (Å²) in [4.78, 5) is 4.19. The lowest BCUT2D eigenvalue weighted by atomic mass is 10.1.